The van der Waals surface area contributed by atoms with Crippen molar-refractivity contribution in [1.29, 1.82) is 0 Å². The van der Waals surface area contributed by atoms with Crippen LogP contribution in [0.15, 0.2) is 69.7 Å². The van der Waals surface area contributed by atoms with Crippen LogP contribution in [0, 0.1) is 0 Å². The normalized spacial score (nSPS) is 11.8. The maximum absolute atomic E-state index is 10.8. The smallest absolute Gasteiger partial charge is 0.282 e. The van der Waals surface area contributed by atoms with E-state index in [1.807, 2.05) is 30.3 Å². The van der Waals surface area contributed by atoms with Crippen LogP contribution in [0.5, 0.6) is 0 Å². The Hall–Kier alpha value is -2.05. The van der Waals surface area contributed by atoms with E-state index in [1.165, 1.54) is 24.3 Å². The Bertz CT molecular complexity index is 665. The first-order valence-electron chi connectivity index (χ1n) is 5.55. The summed E-state index contributed by atoms with van der Waals surface area (Å²) in [7, 11) is -4.16. The van der Waals surface area contributed by atoms with Gasteiger partial charge in [0.25, 0.3) is 10.1 Å². The van der Waals surface area contributed by atoms with E-state index in [1.54, 1.807) is 0 Å². The lowest BCUT2D eigenvalue weighted by Crippen LogP contribution is -1.96. The topological polar surface area (TPSA) is 79.1 Å². The number of azo groups is 1. The van der Waals surface area contributed by atoms with Crippen molar-refractivity contribution in [3.8, 4) is 0 Å². The predicted octanol–water partition coefficient (Wildman–Crippen LogP) is 3.22. The predicted molar refractivity (Wildman–Crippen MR) is 70.9 cm³/mol. The second kappa shape index (κ2) is 5.73. The van der Waals surface area contributed by atoms with E-state index >= 15 is 0 Å². The first-order valence-corrected chi connectivity index (χ1v) is 6.99. The van der Waals surface area contributed by atoms with E-state index in [0.717, 1.165) is 5.56 Å². The van der Waals surface area contributed by atoms with E-state index < -0.39 is 10.1 Å². The average Bonchev–Trinajstić information content (AvgIpc) is 2.39. The minimum Gasteiger partial charge on any atom is -0.282 e. The lowest BCUT2D eigenvalue weighted by atomic mass is 10.2. The van der Waals surface area contributed by atoms with Crippen molar-refractivity contribution in [1.82, 2.24) is 0 Å². The summed E-state index contributed by atoms with van der Waals surface area (Å²) >= 11 is 0. The molecule has 0 unspecified atom stereocenters. The number of hydrogen-bond donors (Lipinski definition) is 1. The summed E-state index contributed by atoms with van der Waals surface area (Å²) in [6, 6.07) is 15.2. The minimum absolute atomic E-state index is 0.158. The minimum atomic E-state index is -4.16. The van der Waals surface area contributed by atoms with E-state index in [0.29, 0.717) is 12.2 Å². The number of nitrogens with zero attached hydrogens (tertiary/aromatic N) is 2. The molecule has 98 valence electrons. The Morgan fingerprint density at radius 1 is 0.947 bits per heavy atom. The zero-order chi connectivity index (χ0) is 13.7. The molecule has 5 nitrogen and oxygen atoms in total. The molecule has 0 saturated carbocycles. The van der Waals surface area contributed by atoms with Crippen LogP contribution in [0.3, 0.4) is 0 Å². The lowest BCUT2D eigenvalue weighted by molar-refractivity contribution is 0.483. The van der Waals surface area contributed by atoms with Gasteiger partial charge in [-0.25, -0.2) is 0 Å². The molecule has 0 bridgehead atoms. The lowest BCUT2D eigenvalue weighted by Gasteiger charge is -1.97. The van der Waals surface area contributed by atoms with Gasteiger partial charge in [-0.2, -0.15) is 18.6 Å². The molecule has 2 rings (SSSR count). The molecule has 2 aromatic rings. The van der Waals surface area contributed by atoms with Crippen molar-refractivity contribution in [3.05, 3.63) is 60.2 Å². The fourth-order valence-corrected chi connectivity index (χ4v) is 1.95. The van der Waals surface area contributed by atoms with Crippen LogP contribution >= 0.6 is 0 Å². The molecular formula is C13H12N2O3S. The van der Waals surface area contributed by atoms with Gasteiger partial charge < -0.3 is 0 Å². The quantitative estimate of drug-likeness (QED) is 0.687. The standard InChI is InChI=1S/C13H12N2O3S/c16-19(17,18)13-8-6-12(7-9-13)15-14-10-11-4-2-1-3-5-11/h1-9H,10H2,(H,16,17,18). The Kier molecular flexibility index (Phi) is 4.03. The fraction of sp³-hybridized carbons (Fsp3) is 0.0769. The monoisotopic (exact) mass is 276 g/mol. The van der Waals surface area contributed by atoms with Gasteiger partial charge >= 0.3 is 0 Å². The number of hydrogen-bond acceptors (Lipinski definition) is 4. The highest BCUT2D eigenvalue weighted by molar-refractivity contribution is 7.85. The van der Waals surface area contributed by atoms with Crippen molar-refractivity contribution in [2.24, 2.45) is 10.2 Å². The molecule has 0 spiro atoms. The highest BCUT2D eigenvalue weighted by Crippen LogP contribution is 2.17. The zero-order valence-corrected chi connectivity index (χ0v) is 10.8. The maximum atomic E-state index is 10.8. The van der Waals surface area contributed by atoms with E-state index in [-0.39, 0.29) is 4.90 Å². The van der Waals surface area contributed by atoms with Crippen molar-refractivity contribution in [2.75, 3.05) is 0 Å². The second-order valence-electron chi connectivity index (χ2n) is 3.85. The van der Waals surface area contributed by atoms with E-state index in [2.05, 4.69) is 10.2 Å². The Morgan fingerprint density at radius 3 is 2.16 bits per heavy atom. The Labute approximate surface area is 111 Å². The molecule has 0 saturated heterocycles. The first kappa shape index (κ1) is 13.4. The molecule has 2 aromatic carbocycles. The van der Waals surface area contributed by atoms with Crippen LogP contribution in [0.4, 0.5) is 5.69 Å². The van der Waals surface area contributed by atoms with Crippen LogP contribution in [0.1, 0.15) is 5.56 Å². The van der Waals surface area contributed by atoms with Crippen LogP contribution in [0.25, 0.3) is 0 Å². The molecular weight excluding hydrogens is 264 g/mol. The third-order valence-corrected chi connectivity index (χ3v) is 3.28. The van der Waals surface area contributed by atoms with Gasteiger partial charge in [0.2, 0.25) is 0 Å². The molecule has 0 aliphatic carbocycles. The number of benzene rings is 2. The van der Waals surface area contributed by atoms with Gasteiger partial charge in [-0.05, 0) is 29.8 Å². The summed E-state index contributed by atoms with van der Waals surface area (Å²) in [6.07, 6.45) is 0. The largest absolute Gasteiger partial charge is 0.294 e. The zero-order valence-electron chi connectivity index (χ0n) is 9.97. The summed E-state index contributed by atoms with van der Waals surface area (Å²) in [6.45, 7) is 0.459. The van der Waals surface area contributed by atoms with Gasteiger partial charge in [0.1, 0.15) is 0 Å². The number of rotatable bonds is 4. The molecule has 1 N–H and O–H groups in total. The molecule has 0 aromatic heterocycles. The van der Waals surface area contributed by atoms with Crippen molar-refractivity contribution >= 4 is 15.8 Å². The van der Waals surface area contributed by atoms with Crippen molar-refractivity contribution in [2.45, 2.75) is 11.4 Å². The average molecular weight is 276 g/mol. The SMILES string of the molecule is O=S(=O)(O)c1ccc(N=NCc2ccccc2)cc1. The summed E-state index contributed by atoms with van der Waals surface area (Å²) in [5, 5.41) is 7.99. The molecule has 19 heavy (non-hydrogen) atoms. The molecule has 0 amide bonds. The van der Waals surface area contributed by atoms with Crippen molar-refractivity contribution in [3.63, 3.8) is 0 Å². The highest BCUT2D eigenvalue weighted by atomic mass is 32.2. The van der Waals surface area contributed by atoms with Crippen molar-refractivity contribution < 1.29 is 13.0 Å². The summed E-state index contributed by atoms with van der Waals surface area (Å²) < 4.78 is 30.5. The first-order chi connectivity index (χ1) is 9.05. The molecule has 6 heteroatoms. The van der Waals surface area contributed by atoms with Crippen LogP contribution < -0.4 is 0 Å². The molecule has 0 fully saturated rings. The fourth-order valence-electron chi connectivity index (χ4n) is 1.47. The second-order valence-corrected chi connectivity index (χ2v) is 5.28. The van der Waals surface area contributed by atoms with E-state index in [9.17, 15) is 8.42 Å². The van der Waals surface area contributed by atoms with Gasteiger partial charge in [-0.3, -0.25) is 4.55 Å². The Morgan fingerprint density at radius 2 is 1.58 bits per heavy atom. The molecule has 0 aliphatic rings. The maximum Gasteiger partial charge on any atom is 0.294 e. The van der Waals surface area contributed by atoms with Gasteiger partial charge in [0.15, 0.2) is 0 Å². The van der Waals surface area contributed by atoms with Gasteiger partial charge in [0.05, 0.1) is 17.1 Å². The van der Waals surface area contributed by atoms with Crippen LogP contribution in [0.2, 0.25) is 0 Å². The van der Waals surface area contributed by atoms with Gasteiger partial charge in [-0.15, -0.1) is 0 Å². The Balaban J connectivity index is 2.04. The van der Waals surface area contributed by atoms with Crippen LogP contribution in [-0.4, -0.2) is 13.0 Å². The van der Waals surface area contributed by atoms with E-state index in [4.69, 9.17) is 4.55 Å². The summed E-state index contributed by atoms with van der Waals surface area (Å²) in [5.41, 5.74) is 1.57. The third kappa shape index (κ3) is 3.97. The molecule has 0 aliphatic heterocycles. The third-order valence-electron chi connectivity index (χ3n) is 2.42. The molecule has 0 radical (unpaired) electrons. The molecule has 0 atom stereocenters. The molecule has 0 heterocycles. The highest BCUT2D eigenvalue weighted by Gasteiger charge is 2.07. The summed E-state index contributed by atoms with van der Waals surface area (Å²) in [4.78, 5) is -0.158. The van der Waals surface area contributed by atoms with Crippen LogP contribution in [-0.2, 0) is 16.7 Å². The van der Waals surface area contributed by atoms with Gasteiger partial charge in [-0.1, -0.05) is 30.3 Å². The summed E-state index contributed by atoms with van der Waals surface area (Å²) in [5.74, 6) is 0. The van der Waals surface area contributed by atoms with Gasteiger partial charge in [0, 0.05) is 0 Å².